The lowest BCUT2D eigenvalue weighted by Crippen LogP contribution is -2.35. The molecule has 0 spiro atoms. The van der Waals surface area contributed by atoms with E-state index in [0.717, 1.165) is 43.7 Å². The van der Waals surface area contributed by atoms with Gasteiger partial charge in [0.25, 0.3) is 5.91 Å². The van der Waals surface area contributed by atoms with Crippen LogP contribution in [-0.2, 0) is 6.42 Å². The SMILES string of the molecule is CCc1c(C(=O)N2CCCCC2)cnn1-c1cccc(Cl)c1. The van der Waals surface area contributed by atoms with Gasteiger partial charge in [-0.2, -0.15) is 5.10 Å². The summed E-state index contributed by atoms with van der Waals surface area (Å²) < 4.78 is 1.82. The van der Waals surface area contributed by atoms with Crippen molar-refractivity contribution < 1.29 is 4.79 Å². The molecule has 1 saturated heterocycles. The van der Waals surface area contributed by atoms with Crippen molar-refractivity contribution in [3.63, 3.8) is 0 Å². The number of halogens is 1. The molecule has 4 nitrogen and oxygen atoms in total. The minimum absolute atomic E-state index is 0.102. The minimum Gasteiger partial charge on any atom is -0.339 e. The number of likely N-dealkylation sites (tertiary alicyclic amines) is 1. The van der Waals surface area contributed by atoms with Gasteiger partial charge >= 0.3 is 0 Å². The van der Waals surface area contributed by atoms with Crippen molar-refractivity contribution in [2.24, 2.45) is 0 Å². The maximum atomic E-state index is 12.7. The van der Waals surface area contributed by atoms with E-state index in [4.69, 9.17) is 11.6 Å². The van der Waals surface area contributed by atoms with E-state index in [1.807, 2.05) is 40.8 Å². The first-order chi connectivity index (χ1) is 10.7. The summed E-state index contributed by atoms with van der Waals surface area (Å²) in [5.74, 6) is 0.102. The molecule has 1 aromatic heterocycles. The zero-order chi connectivity index (χ0) is 15.5. The first kappa shape index (κ1) is 15.1. The van der Waals surface area contributed by atoms with E-state index in [1.54, 1.807) is 6.20 Å². The largest absolute Gasteiger partial charge is 0.339 e. The first-order valence-corrected chi connectivity index (χ1v) is 8.20. The van der Waals surface area contributed by atoms with Crippen LogP contribution in [0.3, 0.4) is 0 Å². The first-order valence-electron chi connectivity index (χ1n) is 7.83. The average molecular weight is 318 g/mol. The highest BCUT2D eigenvalue weighted by molar-refractivity contribution is 6.30. The van der Waals surface area contributed by atoms with Crippen LogP contribution in [0.4, 0.5) is 0 Å². The number of amides is 1. The summed E-state index contributed by atoms with van der Waals surface area (Å²) in [7, 11) is 0. The Labute approximate surface area is 135 Å². The minimum atomic E-state index is 0.102. The number of rotatable bonds is 3. The highest BCUT2D eigenvalue weighted by Gasteiger charge is 2.23. The van der Waals surface area contributed by atoms with Gasteiger partial charge in [0.2, 0.25) is 0 Å². The van der Waals surface area contributed by atoms with E-state index in [-0.39, 0.29) is 5.91 Å². The van der Waals surface area contributed by atoms with E-state index >= 15 is 0 Å². The Hall–Kier alpha value is -1.81. The lowest BCUT2D eigenvalue weighted by atomic mass is 10.1. The van der Waals surface area contributed by atoms with Gasteiger partial charge in [-0.15, -0.1) is 0 Å². The maximum absolute atomic E-state index is 12.7. The fourth-order valence-corrected chi connectivity index (χ4v) is 3.17. The molecule has 1 aliphatic rings. The van der Waals surface area contributed by atoms with Crippen molar-refractivity contribution in [2.75, 3.05) is 13.1 Å². The van der Waals surface area contributed by atoms with Gasteiger partial charge in [-0.25, -0.2) is 4.68 Å². The lowest BCUT2D eigenvalue weighted by molar-refractivity contribution is 0.0723. The molecule has 0 bridgehead atoms. The monoisotopic (exact) mass is 317 g/mol. The van der Waals surface area contributed by atoms with Crippen LogP contribution in [0.25, 0.3) is 5.69 Å². The molecule has 3 rings (SSSR count). The fourth-order valence-electron chi connectivity index (χ4n) is 2.99. The predicted octanol–water partition coefficient (Wildman–Crippen LogP) is 3.71. The number of piperidine rings is 1. The molecule has 0 atom stereocenters. The Bertz CT molecular complexity index is 674. The standard InChI is InChI=1S/C17H20ClN3O/c1-2-16-15(17(22)20-9-4-3-5-10-20)12-19-21(16)14-8-6-7-13(18)11-14/h6-8,11-12H,2-5,9-10H2,1H3. The summed E-state index contributed by atoms with van der Waals surface area (Å²) in [5.41, 5.74) is 2.55. The number of hydrogen-bond acceptors (Lipinski definition) is 2. The number of nitrogens with zero attached hydrogens (tertiary/aromatic N) is 3. The van der Waals surface area contributed by atoms with Gasteiger partial charge < -0.3 is 4.90 Å². The smallest absolute Gasteiger partial charge is 0.257 e. The molecule has 0 unspecified atom stereocenters. The van der Waals surface area contributed by atoms with Gasteiger partial charge in [0.1, 0.15) is 0 Å². The summed E-state index contributed by atoms with van der Waals surface area (Å²) in [6.45, 7) is 3.75. The molecule has 2 heterocycles. The number of aromatic nitrogens is 2. The summed E-state index contributed by atoms with van der Waals surface area (Å²) >= 11 is 6.07. The molecule has 1 amide bonds. The topological polar surface area (TPSA) is 38.1 Å². The van der Waals surface area contributed by atoms with E-state index in [1.165, 1.54) is 6.42 Å². The van der Waals surface area contributed by atoms with Crippen LogP contribution in [-0.4, -0.2) is 33.7 Å². The van der Waals surface area contributed by atoms with E-state index in [0.29, 0.717) is 10.6 Å². The molecule has 0 radical (unpaired) electrons. The third kappa shape index (κ3) is 2.88. The number of carbonyl (C=O) groups is 1. The second kappa shape index (κ2) is 6.53. The van der Waals surface area contributed by atoms with E-state index in [2.05, 4.69) is 5.10 Å². The zero-order valence-corrected chi connectivity index (χ0v) is 13.5. The van der Waals surface area contributed by atoms with Crippen molar-refractivity contribution in [3.8, 4) is 5.69 Å². The molecule has 5 heteroatoms. The van der Waals surface area contributed by atoms with Crippen LogP contribution < -0.4 is 0 Å². The Balaban J connectivity index is 1.95. The van der Waals surface area contributed by atoms with Crippen LogP contribution in [0, 0.1) is 0 Å². The van der Waals surface area contributed by atoms with Gasteiger partial charge in [-0.1, -0.05) is 24.6 Å². The van der Waals surface area contributed by atoms with Crippen molar-refractivity contribution >= 4 is 17.5 Å². The predicted molar refractivity (Wildman–Crippen MR) is 87.7 cm³/mol. The Kier molecular flexibility index (Phi) is 4.48. The Morgan fingerprint density at radius 3 is 2.73 bits per heavy atom. The average Bonchev–Trinajstić information content (AvgIpc) is 2.99. The molecule has 1 aliphatic heterocycles. The van der Waals surface area contributed by atoms with Gasteiger partial charge in [0, 0.05) is 18.1 Å². The molecular formula is C17H20ClN3O. The summed E-state index contributed by atoms with van der Waals surface area (Å²) in [5, 5.41) is 5.09. The van der Waals surface area contributed by atoms with E-state index in [9.17, 15) is 4.79 Å². The molecule has 2 aromatic rings. The lowest BCUT2D eigenvalue weighted by Gasteiger charge is -2.26. The van der Waals surface area contributed by atoms with Crippen LogP contribution in [0.2, 0.25) is 5.02 Å². The number of carbonyl (C=O) groups excluding carboxylic acids is 1. The van der Waals surface area contributed by atoms with Crippen molar-refractivity contribution in [3.05, 3.63) is 46.7 Å². The molecular weight excluding hydrogens is 298 g/mol. The second-order valence-electron chi connectivity index (χ2n) is 5.60. The second-order valence-corrected chi connectivity index (χ2v) is 6.04. The highest BCUT2D eigenvalue weighted by atomic mass is 35.5. The fraction of sp³-hybridized carbons (Fsp3) is 0.412. The van der Waals surface area contributed by atoms with Crippen LogP contribution in [0.1, 0.15) is 42.2 Å². The van der Waals surface area contributed by atoms with Crippen LogP contribution >= 0.6 is 11.6 Å². The van der Waals surface area contributed by atoms with E-state index < -0.39 is 0 Å². The summed E-state index contributed by atoms with van der Waals surface area (Å²) in [6, 6.07) is 7.54. The molecule has 116 valence electrons. The van der Waals surface area contributed by atoms with Gasteiger partial charge in [-0.3, -0.25) is 4.79 Å². The van der Waals surface area contributed by atoms with Gasteiger partial charge in [0.05, 0.1) is 23.1 Å². The third-order valence-corrected chi connectivity index (χ3v) is 4.37. The van der Waals surface area contributed by atoms with Crippen molar-refractivity contribution in [1.29, 1.82) is 0 Å². The number of hydrogen-bond donors (Lipinski definition) is 0. The molecule has 0 N–H and O–H groups in total. The highest BCUT2D eigenvalue weighted by Crippen LogP contribution is 2.21. The molecule has 22 heavy (non-hydrogen) atoms. The Morgan fingerprint density at radius 2 is 2.05 bits per heavy atom. The molecule has 1 aromatic carbocycles. The molecule has 1 fully saturated rings. The van der Waals surface area contributed by atoms with Crippen LogP contribution in [0.5, 0.6) is 0 Å². The maximum Gasteiger partial charge on any atom is 0.257 e. The van der Waals surface area contributed by atoms with Crippen molar-refractivity contribution in [1.82, 2.24) is 14.7 Å². The van der Waals surface area contributed by atoms with Gasteiger partial charge in [-0.05, 0) is 43.9 Å². The van der Waals surface area contributed by atoms with Gasteiger partial charge in [0.15, 0.2) is 0 Å². The zero-order valence-electron chi connectivity index (χ0n) is 12.8. The molecule has 0 aliphatic carbocycles. The van der Waals surface area contributed by atoms with Crippen LogP contribution in [0.15, 0.2) is 30.5 Å². The third-order valence-electron chi connectivity index (χ3n) is 4.13. The Morgan fingerprint density at radius 1 is 1.27 bits per heavy atom. The quantitative estimate of drug-likeness (QED) is 0.865. The number of benzene rings is 1. The van der Waals surface area contributed by atoms with Crippen molar-refractivity contribution in [2.45, 2.75) is 32.6 Å². The normalized spacial score (nSPS) is 15.1. The molecule has 0 saturated carbocycles. The summed E-state index contributed by atoms with van der Waals surface area (Å²) in [6.07, 6.45) is 5.84. The summed E-state index contributed by atoms with van der Waals surface area (Å²) in [4.78, 5) is 14.7.